The highest BCUT2D eigenvalue weighted by Crippen LogP contribution is 2.82. The molecule has 94 heavy (non-hydrogen) atoms. The predicted molar refractivity (Wildman–Crippen MR) is 317 cm³/mol. The number of aliphatic carboxylic acids is 1. The Labute approximate surface area is 546 Å². The SMILES string of the molecule is CC=C(C)C(=O)OC1C(OC(C)=O)C(C)(C)CC2C13C(O)OC21CCC2C4(C)CCC(OC5OC(C(=O)O)C(O)C(OC6OC(CO)C(O)C(O)C6OC6OC(C)C(O)C(O)C6O)C5OC5OC(CO)C(O)C(O)C5O)C(C)(C)C4CCC2(C)C1(C)CC3OC(=O)CCC. The Bertz CT molecular complexity index is 2780. The molecule has 0 radical (unpaired) electrons. The van der Waals surface area contributed by atoms with Crippen molar-refractivity contribution in [3.8, 4) is 0 Å². The van der Waals surface area contributed by atoms with E-state index in [-0.39, 0.29) is 36.7 Å². The number of carbonyl (C=O) groups excluding carboxylic acids is 3. The first-order chi connectivity index (χ1) is 43.9. The average Bonchev–Trinajstić information content (AvgIpc) is 1.37. The van der Waals surface area contributed by atoms with E-state index in [9.17, 15) is 85.6 Å². The number of aliphatic hydroxyl groups excluding tert-OH is 12. The third kappa shape index (κ3) is 11.6. The van der Waals surface area contributed by atoms with E-state index in [4.69, 9.17) is 56.8 Å². The van der Waals surface area contributed by atoms with Crippen LogP contribution in [0.2, 0.25) is 0 Å². The van der Waals surface area contributed by atoms with Gasteiger partial charge in [0, 0.05) is 35.7 Å². The molecule has 33 unspecified atom stereocenters. The molecule has 2 bridgehead atoms. The molecule has 10 fully saturated rings. The van der Waals surface area contributed by atoms with E-state index >= 15 is 0 Å². The van der Waals surface area contributed by atoms with Gasteiger partial charge in [-0.3, -0.25) is 9.59 Å². The van der Waals surface area contributed by atoms with Crippen LogP contribution in [-0.4, -0.2) is 263 Å². The highest BCUT2D eigenvalue weighted by Gasteiger charge is 2.86. The summed E-state index contributed by atoms with van der Waals surface area (Å²) >= 11 is 0. The van der Waals surface area contributed by atoms with E-state index in [1.54, 1.807) is 19.9 Å². The summed E-state index contributed by atoms with van der Waals surface area (Å²) in [4.78, 5) is 54.7. The fraction of sp³-hybridized carbons (Fsp3) is 0.908. The lowest BCUT2D eigenvalue weighted by Gasteiger charge is -2.75. The van der Waals surface area contributed by atoms with Gasteiger partial charge >= 0.3 is 23.9 Å². The molecule has 0 amide bonds. The number of rotatable bonds is 17. The maximum Gasteiger partial charge on any atom is 0.335 e. The van der Waals surface area contributed by atoms with Crippen molar-refractivity contribution in [1.29, 1.82) is 0 Å². The second-order valence-electron chi connectivity index (χ2n) is 30.4. The van der Waals surface area contributed by atoms with Crippen molar-refractivity contribution in [1.82, 2.24) is 0 Å². The fourth-order valence-electron chi connectivity index (χ4n) is 19.6. The molecule has 0 aromatic carbocycles. The molecule has 5 saturated carbocycles. The molecular formula is C65H102O29. The largest absolute Gasteiger partial charge is 0.479 e. The van der Waals surface area contributed by atoms with Crippen LogP contribution in [0.25, 0.3) is 0 Å². The minimum Gasteiger partial charge on any atom is -0.479 e. The maximum atomic E-state index is 14.1. The van der Waals surface area contributed by atoms with Crippen LogP contribution in [0.5, 0.6) is 0 Å². The van der Waals surface area contributed by atoms with Crippen molar-refractivity contribution in [3.63, 3.8) is 0 Å². The minimum atomic E-state index is -2.31. The van der Waals surface area contributed by atoms with E-state index in [2.05, 4.69) is 20.8 Å². The lowest BCUT2D eigenvalue weighted by Crippen LogP contribution is -2.77. The number of carboxylic acids is 1. The molecule has 0 aromatic rings. The summed E-state index contributed by atoms with van der Waals surface area (Å²) < 4.78 is 76.0. The van der Waals surface area contributed by atoms with Gasteiger partial charge in [-0.05, 0) is 107 Å². The van der Waals surface area contributed by atoms with Crippen molar-refractivity contribution in [2.45, 2.75) is 306 Å². The molecule has 29 nitrogen and oxygen atoms in total. The van der Waals surface area contributed by atoms with Crippen LogP contribution in [0.4, 0.5) is 0 Å². The first kappa shape index (κ1) is 73.5. The third-order valence-electron chi connectivity index (χ3n) is 24.7. The summed E-state index contributed by atoms with van der Waals surface area (Å²) in [7, 11) is 0. The van der Waals surface area contributed by atoms with Crippen LogP contribution in [0.3, 0.4) is 0 Å². The van der Waals surface area contributed by atoms with Gasteiger partial charge in [-0.25, -0.2) is 9.59 Å². The van der Waals surface area contributed by atoms with Crippen molar-refractivity contribution in [2.75, 3.05) is 13.2 Å². The molecule has 5 aliphatic carbocycles. The zero-order valence-electron chi connectivity index (χ0n) is 55.6. The van der Waals surface area contributed by atoms with Gasteiger partial charge in [0.05, 0.1) is 31.0 Å². The van der Waals surface area contributed by atoms with Gasteiger partial charge in [0.25, 0.3) is 0 Å². The molecule has 1 spiro atoms. The van der Waals surface area contributed by atoms with E-state index in [0.29, 0.717) is 44.9 Å². The van der Waals surface area contributed by atoms with Gasteiger partial charge in [-0.1, -0.05) is 61.5 Å². The first-order valence-electron chi connectivity index (χ1n) is 33.3. The van der Waals surface area contributed by atoms with E-state index in [1.807, 2.05) is 34.6 Å². The van der Waals surface area contributed by atoms with Crippen LogP contribution in [0, 0.1) is 50.2 Å². The molecular weight excluding hydrogens is 1240 g/mol. The fourth-order valence-corrected chi connectivity index (χ4v) is 19.6. The summed E-state index contributed by atoms with van der Waals surface area (Å²) in [6.45, 7) is 20.5. The molecule has 13 N–H and O–H groups in total. The number of ether oxygens (including phenoxy) is 12. The molecule has 33 atom stereocenters. The van der Waals surface area contributed by atoms with Gasteiger partial charge in [0.15, 0.2) is 43.7 Å². The second-order valence-corrected chi connectivity index (χ2v) is 30.4. The topological polar surface area (TPSA) is 442 Å². The van der Waals surface area contributed by atoms with Crippen LogP contribution in [0.1, 0.15) is 147 Å². The van der Waals surface area contributed by atoms with Crippen molar-refractivity contribution in [3.05, 3.63) is 11.6 Å². The highest BCUT2D eigenvalue weighted by molar-refractivity contribution is 5.88. The quantitative estimate of drug-likeness (QED) is 0.0377. The van der Waals surface area contributed by atoms with E-state index in [1.165, 1.54) is 13.8 Å². The number of aliphatic hydroxyl groups is 12. The zero-order chi connectivity index (χ0) is 69.2. The van der Waals surface area contributed by atoms with E-state index in [0.717, 1.165) is 0 Å². The van der Waals surface area contributed by atoms with Crippen LogP contribution in [-0.2, 0) is 76.0 Å². The Morgan fingerprint density at radius 1 is 0.564 bits per heavy atom. The normalized spacial score (nSPS) is 51.2. The standard InChI is InChI=1S/C65H102O29/c1-13-15-36(69)87-35-23-63(12)62(11)20-16-31-60(8,9)34(18-19-61(31,10)32(62)17-21-64(63)33-22-59(6,7)50(84-28(5)68)51(65(33,35)58(82)94-64)93-53(81)26(3)14-2)88-57-49(92-55-44(77)41(74)38(71)29(24-66)85-55)46(45(78)47(90-57)52(79)80)89-56-48(42(75)39(72)30(25-67)86-56)91-54-43(76)40(73)37(70)27(4)83-54/h14,27,29-35,37-51,54-58,66-67,70-78,82H,13,15-25H2,1-12H3,(H,79,80). The van der Waals surface area contributed by atoms with Crippen molar-refractivity contribution < 1.29 is 142 Å². The Morgan fingerprint density at radius 3 is 1.74 bits per heavy atom. The lowest BCUT2D eigenvalue weighted by molar-refractivity contribution is -0.406. The maximum absolute atomic E-state index is 14.1. The number of carbonyl (C=O) groups is 4. The number of fused-ring (bicyclic) bond motifs is 4. The monoisotopic (exact) mass is 1350 g/mol. The number of hydrogen-bond donors (Lipinski definition) is 13. The lowest BCUT2D eigenvalue weighted by atomic mass is 9.30. The van der Waals surface area contributed by atoms with Gasteiger partial charge in [-0.2, -0.15) is 0 Å². The summed E-state index contributed by atoms with van der Waals surface area (Å²) in [5.74, 6) is -4.48. The molecule has 5 aliphatic heterocycles. The second kappa shape index (κ2) is 26.7. The zero-order valence-corrected chi connectivity index (χ0v) is 55.6. The number of hydrogen-bond acceptors (Lipinski definition) is 28. The summed E-state index contributed by atoms with van der Waals surface area (Å²) in [5, 5.41) is 145. The molecule has 536 valence electrons. The first-order valence-corrected chi connectivity index (χ1v) is 33.3. The van der Waals surface area contributed by atoms with Gasteiger partial charge in [-0.15, -0.1) is 0 Å². The minimum absolute atomic E-state index is 0.0538. The third-order valence-corrected chi connectivity index (χ3v) is 24.7. The van der Waals surface area contributed by atoms with Crippen molar-refractivity contribution in [2.24, 2.45) is 50.2 Å². The number of carboxylic acid groups (broad SMARTS) is 1. The van der Waals surface area contributed by atoms with Gasteiger partial charge in [0.2, 0.25) is 0 Å². The molecule has 10 rings (SSSR count). The summed E-state index contributed by atoms with van der Waals surface area (Å²) in [6.07, 6.45) is -39.0. The van der Waals surface area contributed by atoms with Gasteiger partial charge < -0.3 is 123 Å². The summed E-state index contributed by atoms with van der Waals surface area (Å²) in [5.41, 5.74) is -6.21. The Hall–Kier alpha value is -3.22. The van der Waals surface area contributed by atoms with Gasteiger partial charge in [0.1, 0.15) is 103 Å². The van der Waals surface area contributed by atoms with E-state index < -0.39 is 235 Å². The highest BCUT2D eigenvalue weighted by atomic mass is 16.8. The predicted octanol–water partition coefficient (Wildman–Crippen LogP) is -0.532. The van der Waals surface area contributed by atoms with Crippen LogP contribution < -0.4 is 0 Å². The molecule has 5 heterocycles. The average molecular weight is 1350 g/mol. The Kier molecular flexibility index (Phi) is 20.9. The number of esters is 3. The number of allylic oxidation sites excluding steroid dienone is 1. The summed E-state index contributed by atoms with van der Waals surface area (Å²) in [6, 6.07) is 0. The Balaban J connectivity index is 1.00. The smallest absolute Gasteiger partial charge is 0.335 e. The molecule has 0 aromatic heterocycles. The Morgan fingerprint density at radius 2 is 1.14 bits per heavy atom. The van der Waals surface area contributed by atoms with Crippen LogP contribution >= 0.6 is 0 Å². The molecule has 29 heteroatoms. The molecule has 5 saturated heterocycles. The van der Waals surface area contributed by atoms with Crippen molar-refractivity contribution >= 4 is 23.9 Å². The molecule has 10 aliphatic rings. The van der Waals surface area contributed by atoms with Crippen LogP contribution in [0.15, 0.2) is 11.6 Å².